The second kappa shape index (κ2) is 12.3. The summed E-state index contributed by atoms with van der Waals surface area (Å²) in [4.78, 5) is 22.2. The number of amides is 1. The highest BCUT2D eigenvalue weighted by atomic mass is 16.5. The van der Waals surface area contributed by atoms with E-state index >= 15 is 0 Å². The fraction of sp³-hybridized carbons (Fsp3) is 0.588. The molecule has 0 radical (unpaired) electrons. The highest BCUT2D eigenvalue weighted by Crippen LogP contribution is 2.49. The molecule has 0 unspecified atom stereocenters. The number of aldehydes is 1. The molecule has 1 aliphatic rings. The van der Waals surface area contributed by atoms with E-state index in [-0.39, 0.29) is 27.8 Å². The molecule has 6 heteroatoms. The number of rotatable bonds is 7. The lowest BCUT2D eigenvalue weighted by Gasteiger charge is -2.42. The lowest BCUT2D eigenvalue weighted by molar-refractivity contribution is -0.121. The third kappa shape index (κ3) is 8.33. The molecule has 2 aromatic rings. The van der Waals surface area contributed by atoms with Gasteiger partial charge in [-0.2, -0.15) is 0 Å². The van der Waals surface area contributed by atoms with Crippen LogP contribution < -0.4 is 15.6 Å². The predicted molar refractivity (Wildman–Crippen MR) is 164 cm³/mol. The summed E-state index contributed by atoms with van der Waals surface area (Å²) in [5, 5.41) is 10.7. The van der Waals surface area contributed by atoms with Gasteiger partial charge in [-0.3, -0.25) is 10.2 Å². The number of hydrogen-bond donors (Lipinski definition) is 3. The fourth-order valence-electron chi connectivity index (χ4n) is 4.88. The number of benzene rings is 2. The number of aromatic hydroxyl groups is 1. The van der Waals surface area contributed by atoms with E-state index in [2.05, 4.69) is 99.1 Å². The van der Waals surface area contributed by atoms with Crippen LogP contribution in [0.15, 0.2) is 24.3 Å². The van der Waals surface area contributed by atoms with E-state index in [0.29, 0.717) is 25.0 Å². The van der Waals surface area contributed by atoms with Gasteiger partial charge in [-0.25, -0.2) is 5.43 Å². The van der Waals surface area contributed by atoms with Gasteiger partial charge in [0.15, 0.2) is 0 Å². The largest absolute Gasteiger partial charge is 0.507 e. The number of ether oxygens (including phenoxy) is 1. The maximum atomic E-state index is 11.6. The minimum absolute atomic E-state index is 0.0369. The van der Waals surface area contributed by atoms with Crippen LogP contribution in [0.3, 0.4) is 0 Å². The van der Waals surface area contributed by atoms with Crippen molar-refractivity contribution in [3.63, 3.8) is 0 Å². The second-order valence-corrected chi connectivity index (χ2v) is 14.4. The van der Waals surface area contributed by atoms with Crippen molar-refractivity contribution in [1.29, 1.82) is 0 Å². The minimum atomic E-state index is -0.188. The summed E-state index contributed by atoms with van der Waals surface area (Å²) in [7, 11) is 1.67. The molecule has 0 bridgehead atoms. The quantitative estimate of drug-likeness (QED) is 0.257. The van der Waals surface area contributed by atoms with E-state index in [9.17, 15) is 14.7 Å². The Morgan fingerprint density at radius 3 is 1.75 bits per heavy atom. The summed E-state index contributed by atoms with van der Waals surface area (Å²) in [6, 6.07) is 8.43. The van der Waals surface area contributed by atoms with Gasteiger partial charge in [0, 0.05) is 31.0 Å². The number of phenolic OH excluding ortho intramolecular Hbond substituents is 1. The molecule has 0 atom stereocenters. The first kappa shape index (κ1) is 33.3. The predicted octanol–water partition coefficient (Wildman–Crippen LogP) is 6.91. The Kier molecular flexibility index (Phi) is 10.3. The van der Waals surface area contributed by atoms with E-state index in [1.807, 2.05) is 12.1 Å². The van der Waals surface area contributed by atoms with Crippen LogP contribution in [0.5, 0.6) is 11.5 Å². The lowest BCUT2D eigenvalue weighted by Crippen LogP contribution is -2.37. The Hall–Kier alpha value is -2.86. The van der Waals surface area contributed by atoms with Crippen LogP contribution in [0, 0.1) is 0 Å². The fourth-order valence-corrected chi connectivity index (χ4v) is 4.88. The molecule has 222 valence electrons. The van der Waals surface area contributed by atoms with Crippen LogP contribution in [0.4, 0.5) is 0 Å². The molecular weight excluding hydrogens is 500 g/mol. The number of phenols is 1. The van der Waals surface area contributed by atoms with Crippen LogP contribution in [0.25, 0.3) is 0 Å². The Morgan fingerprint density at radius 2 is 1.32 bits per heavy atom. The van der Waals surface area contributed by atoms with Crippen molar-refractivity contribution in [3.05, 3.63) is 57.6 Å². The molecule has 1 aliphatic heterocycles. The van der Waals surface area contributed by atoms with Gasteiger partial charge in [0.05, 0.1) is 0 Å². The van der Waals surface area contributed by atoms with E-state index in [1.54, 1.807) is 7.05 Å². The minimum Gasteiger partial charge on any atom is -0.507 e. The SMILES string of the molecule is CC(C)(C)c1cc(CCC=O)cc2c1OC2(C)C.CNNC(=O)CCc1cc(C(C)(C)C)c(O)c(C(C)(C)C)c1. The smallest absolute Gasteiger partial charge is 0.234 e. The Labute approximate surface area is 242 Å². The molecule has 0 spiro atoms. The monoisotopic (exact) mass is 552 g/mol. The first-order valence-electron chi connectivity index (χ1n) is 14.3. The van der Waals surface area contributed by atoms with Crippen molar-refractivity contribution in [2.24, 2.45) is 0 Å². The zero-order valence-electron chi connectivity index (χ0n) is 26.9. The second-order valence-electron chi connectivity index (χ2n) is 14.4. The van der Waals surface area contributed by atoms with Gasteiger partial charge in [-0.15, -0.1) is 0 Å². The normalized spacial score (nSPS) is 14.2. The zero-order valence-corrected chi connectivity index (χ0v) is 26.9. The molecule has 0 aromatic heterocycles. The number of aryl methyl sites for hydroxylation is 2. The van der Waals surface area contributed by atoms with Crippen LogP contribution in [-0.2, 0) is 44.3 Å². The first-order chi connectivity index (χ1) is 18.2. The van der Waals surface area contributed by atoms with E-state index < -0.39 is 0 Å². The number of hydrogen-bond acceptors (Lipinski definition) is 5. The lowest BCUT2D eigenvalue weighted by atomic mass is 9.78. The van der Waals surface area contributed by atoms with Gasteiger partial charge >= 0.3 is 0 Å². The summed E-state index contributed by atoms with van der Waals surface area (Å²) in [5.74, 6) is 1.39. The van der Waals surface area contributed by atoms with Gasteiger partial charge in [0.25, 0.3) is 0 Å². The first-order valence-corrected chi connectivity index (χ1v) is 14.3. The molecule has 3 N–H and O–H groups in total. The summed E-state index contributed by atoms with van der Waals surface area (Å²) in [5.41, 5.74) is 11.5. The third-order valence-electron chi connectivity index (χ3n) is 7.20. The molecule has 6 nitrogen and oxygen atoms in total. The van der Waals surface area contributed by atoms with Crippen molar-refractivity contribution in [2.75, 3.05) is 7.05 Å². The average molecular weight is 553 g/mol. The maximum Gasteiger partial charge on any atom is 0.234 e. The van der Waals surface area contributed by atoms with Crippen molar-refractivity contribution in [2.45, 2.75) is 124 Å². The van der Waals surface area contributed by atoms with Crippen molar-refractivity contribution >= 4 is 12.2 Å². The number of fused-ring (bicyclic) bond motifs is 1. The van der Waals surface area contributed by atoms with Gasteiger partial charge < -0.3 is 14.6 Å². The van der Waals surface area contributed by atoms with Crippen LogP contribution >= 0.6 is 0 Å². The average Bonchev–Trinajstić information content (AvgIpc) is 2.80. The number of carbonyl (C=O) groups is 2. The van der Waals surface area contributed by atoms with Gasteiger partial charge in [0.2, 0.25) is 5.91 Å². The van der Waals surface area contributed by atoms with E-state index in [0.717, 1.165) is 35.1 Å². The van der Waals surface area contributed by atoms with Crippen LogP contribution in [0.1, 0.15) is 122 Å². The number of hydrazine groups is 1. The zero-order chi connectivity index (χ0) is 30.7. The van der Waals surface area contributed by atoms with Gasteiger partial charge in [-0.05, 0) is 71.3 Å². The standard InChI is InChI=1S/C18H30N2O2.C16H22O2/c1-17(2,3)13-10-12(8-9-15(21)20-19-7)11-14(16(13)22)18(4,5)6;1-15(2,3)12-9-11(7-6-8-17)10-13-14(12)18-16(13,4)5/h10-11,19,22H,8-9H2,1-7H3,(H,20,21);8-10H,6-7H2,1-5H3. The van der Waals surface area contributed by atoms with Crippen molar-refractivity contribution in [3.8, 4) is 11.5 Å². The van der Waals surface area contributed by atoms with Crippen molar-refractivity contribution in [1.82, 2.24) is 10.9 Å². The third-order valence-corrected chi connectivity index (χ3v) is 7.20. The molecule has 2 aromatic carbocycles. The van der Waals surface area contributed by atoms with Crippen LogP contribution in [-0.4, -0.2) is 24.3 Å². The summed E-state index contributed by atoms with van der Waals surface area (Å²) in [6.45, 7) is 23.3. The van der Waals surface area contributed by atoms with Crippen molar-refractivity contribution < 1.29 is 19.4 Å². The molecule has 1 amide bonds. The van der Waals surface area contributed by atoms with Gasteiger partial charge in [-0.1, -0.05) is 80.5 Å². The molecular formula is C34H52N2O4. The Balaban J connectivity index is 0.000000285. The maximum absolute atomic E-state index is 11.6. The van der Waals surface area contributed by atoms with E-state index in [1.165, 1.54) is 16.7 Å². The van der Waals surface area contributed by atoms with Crippen LogP contribution in [0.2, 0.25) is 0 Å². The molecule has 0 fully saturated rings. The molecule has 40 heavy (non-hydrogen) atoms. The molecule has 0 saturated carbocycles. The highest BCUT2D eigenvalue weighted by Gasteiger charge is 2.40. The summed E-state index contributed by atoms with van der Waals surface area (Å²) in [6.07, 6.45) is 3.45. The Morgan fingerprint density at radius 1 is 0.850 bits per heavy atom. The highest BCUT2D eigenvalue weighted by molar-refractivity contribution is 5.75. The summed E-state index contributed by atoms with van der Waals surface area (Å²) < 4.78 is 5.92. The molecule has 0 saturated heterocycles. The van der Waals surface area contributed by atoms with Gasteiger partial charge in [0.1, 0.15) is 23.4 Å². The van der Waals surface area contributed by atoms with E-state index in [4.69, 9.17) is 4.74 Å². The number of nitrogens with one attached hydrogen (secondary N) is 2. The topological polar surface area (TPSA) is 87.7 Å². The summed E-state index contributed by atoms with van der Waals surface area (Å²) >= 11 is 0. The number of carbonyl (C=O) groups excluding carboxylic acids is 2. The molecule has 0 aliphatic carbocycles. The molecule has 1 heterocycles. The molecule has 3 rings (SSSR count). The Bertz CT molecular complexity index is 1170.